The molecule has 1 aromatic rings. The Kier molecular flexibility index (Phi) is 3.94. The first-order valence-electron chi connectivity index (χ1n) is 7.17. The van der Waals surface area contributed by atoms with Crippen molar-refractivity contribution in [3.8, 4) is 0 Å². The molecule has 5 heteroatoms. The van der Waals surface area contributed by atoms with Crippen LogP contribution in [0.4, 0.5) is 5.82 Å². The lowest BCUT2D eigenvalue weighted by Crippen LogP contribution is -2.33. The molecule has 1 N–H and O–H groups in total. The summed E-state index contributed by atoms with van der Waals surface area (Å²) in [6, 6.07) is 4.35. The van der Waals surface area contributed by atoms with E-state index in [2.05, 4.69) is 21.2 Å². The summed E-state index contributed by atoms with van der Waals surface area (Å²) < 4.78 is 5.37. The monoisotopic (exact) mass is 263 g/mol. The number of aromatic nitrogens is 2. The van der Waals surface area contributed by atoms with Crippen LogP contribution in [0.25, 0.3) is 0 Å². The lowest BCUT2D eigenvalue weighted by atomic mass is 9.96. The van der Waals surface area contributed by atoms with Crippen molar-refractivity contribution in [1.82, 2.24) is 10.2 Å². The summed E-state index contributed by atoms with van der Waals surface area (Å²) in [4.78, 5) is 2.17. The van der Waals surface area contributed by atoms with Crippen LogP contribution >= 0.6 is 0 Å². The maximum absolute atomic E-state index is 9.35. The second-order valence-corrected chi connectivity index (χ2v) is 5.38. The first-order chi connectivity index (χ1) is 9.38. The van der Waals surface area contributed by atoms with Gasteiger partial charge in [0, 0.05) is 25.7 Å². The fourth-order valence-electron chi connectivity index (χ4n) is 3.03. The van der Waals surface area contributed by atoms with Gasteiger partial charge in [-0.1, -0.05) is 0 Å². The van der Waals surface area contributed by atoms with Crippen LogP contribution < -0.4 is 4.90 Å². The summed E-state index contributed by atoms with van der Waals surface area (Å²) in [6.45, 7) is 2.82. The molecule has 5 nitrogen and oxygen atoms in total. The Morgan fingerprint density at radius 2 is 2.05 bits per heavy atom. The van der Waals surface area contributed by atoms with Crippen molar-refractivity contribution >= 4 is 5.82 Å². The van der Waals surface area contributed by atoms with Gasteiger partial charge in [-0.25, -0.2) is 0 Å². The molecule has 2 saturated heterocycles. The van der Waals surface area contributed by atoms with Gasteiger partial charge in [-0.15, -0.1) is 5.10 Å². The smallest absolute Gasteiger partial charge is 0.151 e. The molecule has 2 fully saturated rings. The Bertz CT molecular complexity index is 404. The Morgan fingerprint density at radius 3 is 2.74 bits per heavy atom. The average molecular weight is 263 g/mol. The summed E-state index contributed by atoms with van der Waals surface area (Å²) >= 11 is 0. The van der Waals surface area contributed by atoms with Gasteiger partial charge >= 0.3 is 0 Å². The van der Waals surface area contributed by atoms with Crippen LogP contribution in [0.1, 0.15) is 37.3 Å². The minimum Gasteiger partial charge on any atom is -0.394 e. The quantitative estimate of drug-likeness (QED) is 0.891. The van der Waals surface area contributed by atoms with E-state index in [1.54, 1.807) is 0 Å². The van der Waals surface area contributed by atoms with Crippen LogP contribution in [0, 0.1) is 0 Å². The topological polar surface area (TPSA) is 58.5 Å². The second-order valence-electron chi connectivity index (χ2n) is 5.38. The highest BCUT2D eigenvalue weighted by Gasteiger charge is 2.25. The fourth-order valence-corrected chi connectivity index (χ4v) is 3.03. The SMILES string of the molecule is OCC1CCCN1c1ccc(C2CCOCC2)nn1. The van der Waals surface area contributed by atoms with E-state index in [4.69, 9.17) is 4.74 Å². The zero-order valence-electron chi connectivity index (χ0n) is 11.2. The van der Waals surface area contributed by atoms with Crippen molar-refractivity contribution < 1.29 is 9.84 Å². The van der Waals surface area contributed by atoms with Gasteiger partial charge in [-0.05, 0) is 37.8 Å². The molecule has 19 heavy (non-hydrogen) atoms. The van der Waals surface area contributed by atoms with Crippen LogP contribution in [0.5, 0.6) is 0 Å². The molecule has 0 aromatic carbocycles. The highest BCUT2D eigenvalue weighted by Crippen LogP contribution is 2.27. The van der Waals surface area contributed by atoms with Crippen LogP contribution in [0.3, 0.4) is 0 Å². The summed E-state index contributed by atoms with van der Waals surface area (Å²) in [5, 5.41) is 18.1. The molecule has 0 bridgehead atoms. The van der Waals surface area contributed by atoms with Crippen molar-refractivity contribution in [3.63, 3.8) is 0 Å². The number of ether oxygens (including phenoxy) is 1. The lowest BCUT2D eigenvalue weighted by Gasteiger charge is -2.25. The van der Waals surface area contributed by atoms with Crippen LogP contribution in [-0.4, -0.2) is 47.7 Å². The highest BCUT2D eigenvalue weighted by molar-refractivity contribution is 5.40. The van der Waals surface area contributed by atoms with Crippen molar-refractivity contribution in [2.24, 2.45) is 0 Å². The van der Waals surface area contributed by atoms with Crippen molar-refractivity contribution in [1.29, 1.82) is 0 Å². The van der Waals surface area contributed by atoms with E-state index >= 15 is 0 Å². The summed E-state index contributed by atoms with van der Waals surface area (Å²) in [5.41, 5.74) is 1.08. The van der Waals surface area contributed by atoms with E-state index in [0.29, 0.717) is 5.92 Å². The number of nitrogens with zero attached hydrogens (tertiary/aromatic N) is 3. The van der Waals surface area contributed by atoms with Gasteiger partial charge in [0.25, 0.3) is 0 Å². The third-order valence-corrected chi connectivity index (χ3v) is 4.19. The van der Waals surface area contributed by atoms with Crippen LogP contribution in [0.2, 0.25) is 0 Å². The van der Waals surface area contributed by atoms with Gasteiger partial charge in [0.1, 0.15) is 0 Å². The molecule has 2 aliphatic rings. The Hall–Kier alpha value is -1.20. The molecule has 0 aliphatic carbocycles. The molecule has 3 heterocycles. The van der Waals surface area contributed by atoms with E-state index in [1.165, 1.54) is 0 Å². The average Bonchev–Trinajstić information content (AvgIpc) is 2.97. The lowest BCUT2D eigenvalue weighted by molar-refractivity contribution is 0.0843. The molecule has 1 aromatic heterocycles. The minimum absolute atomic E-state index is 0.198. The highest BCUT2D eigenvalue weighted by atomic mass is 16.5. The van der Waals surface area contributed by atoms with E-state index in [1.807, 2.05) is 6.07 Å². The summed E-state index contributed by atoms with van der Waals surface area (Å²) in [5.74, 6) is 1.38. The molecular weight excluding hydrogens is 242 g/mol. The Labute approximate surface area is 113 Å². The van der Waals surface area contributed by atoms with Crippen molar-refractivity contribution in [2.75, 3.05) is 31.3 Å². The number of aliphatic hydroxyl groups excluding tert-OH is 1. The molecule has 2 aliphatic heterocycles. The zero-order chi connectivity index (χ0) is 13.1. The number of hydrogen-bond donors (Lipinski definition) is 1. The third-order valence-electron chi connectivity index (χ3n) is 4.19. The summed E-state index contributed by atoms with van der Waals surface area (Å²) in [7, 11) is 0. The van der Waals surface area contributed by atoms with E-state index in [-0.39, 0.29) is 12.6 Å². The predicted octanol–water partition coefficient (Wildman–Crippen LogP) is 1.33. The Balaban J connectivity index is 1.71. The Morgan fingerprint density at radius 1 is 1.21 bits per heavy atom. The summed E-state index contributed by atoms with van der Waals surface area (Å²) in [6.07, 6.45) is 4.24. The zero-order valence-corrected chi connectivity index (χ0v) is 11.2. The molecule has 3 rings (SSSR count). The number of aliphatic hydroxyl groups is 1. The number of hydrogen-bond acceptors (Lipinski definition) is 5. The first-order valence-corrected chi connectivity index (χ1v) is 7.17. The normalized spacial score (nSPS) is 24.9. The van der Waals surface area contributed by atoms with Gasteiger partial charge in [0.15, 0.2) is 5.82 Å². The standard InChI is InChI=1S/C14H21N3O2/c18-10-12-2-1-7-17(12)14-4-3-13(15-16-14)11-5-8-19-9-6-11/h3-4,11-12,18H,1-2,5-10H2. The molecule has 0 spiro atoms. The van der Waals surface area contributed by atoms with Crippen LogP contribution in [0.15, 0.2) is 12.1 Å². The van der Waals surface area contributed by atoms with E-state index < -0.39 is 0 Å². The third kappa shape index (κ3) is 2.72. The fraction of sp³-hybridized carbons (Fsp3) is 0.714. The second kappa shape index (κ2) is 5.84. The number of anilines is 1. The van der Waals surface area contributed by atoms with Crippen molar-refractivity contribution in [3.05, 3.63) is 17.8 Å². The molecule has 104 valence electrons. The van der Waals surface area contributed by atoms with Gasteiger partial charge in [-0.3, -0.25) is 0 Å². The van der Waals surface area contributed by atoms with E-state index in [9.17, 15) is 5.11 Å². The van der Waals surface area contributed by atoms with Crippen molar-refractivity contribution in [2.45, 2.75) is 37.6 Å². The molecule has 0 saturated carbocycles. The largest absolute Gasteiger partial charge is 0.394 e. The number of rotatable bonds is 3. The molecule has 0 amide bonds. The predicted molar refractivity (Wildman–Crippen MR) is 72.3 cm³/mol. The molecular formula is C14H21N3O2. The van der Waals surface area contributed by atoms with Gasteiger partial charge in [0.05, 0.1) is 18.3 Å². The van der Waals surface area contributed by atoms with Crippen LogP contribution in [-0.2, 0) is 4.74 Å². The molecule has 1 atom stereocenters. The maximum Gasteiger partial charge on any atom is 0.151 e. The minimum atomic E-state index is 0.198. The van der Waals surface area contributed by atoms with Gasteiger partial charge < -0.3 is 14.7 Å². The van der Waals surface area contributed by atoms with Gasteiger partial charge in [0.2, 0.25) is 0 Å². The van der Waals surface area contributed by atoms with Gasteiger partial charge in [-0.2, -0.15) is 5.10 Å². The maximum atomic E-state index is 9.35. The van der Waals surface area contributed by atoms with E-state index in [0.717, 1.165) is 57.0 Å². The molecule has 1 unspecified atom stereocenters. The first kappa shape index (κ1) is 12.8. The molecule has 0 radical (unpaired) electrons.